The Morgan fingerprint density at radius 3 is 2.00 bits per heavy atom. The Bertz CT molecular complexity index is 843. The fourth-order valence-corrected chi connectivity index (χ4v) is 2.27. The van der Waals surface area contributed by atoms with Gasteiger partial charge in [0, 0.05) is 11.1 Å². The zero-order valence-corrected chi connectivity index (χ0v) is 13.4. The summed E-state index contributed by atoms with van der Waals surface area (Å²) in [7, 11) is 3.20. The number of methoxy groups -OCH3 is 2. The van der Waals surface area contributed by atoms with E-state index in [4.69, 9.17) is 9.47 Å². The van der Waals surface area contributed by atoms with Crippen LogP contribution < -0.4 is 9.47 Å². The number of ether oxygens (including phenoxy) is 2. The quantitative estimate of drug-likeness (QED) is 0.674. The van der Waals surface area contributed by atoms with Gasteiger partial charge in [0.1, 0.15) is 17.2 Å². The van der Waals surface area contributed by atoms with Gasteiger partial charge in [-0.3, -0.25) is 9.78 Å². The van der Waals surface area contributed by atoms with Crippen LogP contribution in [0.15, 0.2) is 60.9 Å². The van der Waals surface area contributed by atoms with Crippen molar-refractivity contribution in [3.63, 3.8) is 0 Å². The summed E-state index contributed by atoms with van der Waals surface area (Å²) >= 11 is 0. The van der Waals surface area contributed by atoms with E-state index in [1.807, 2.05) is 24.3 Å². The number of hydrogen-bond donors (Lipinski definition) is 0. The van der Waals surface area contributed by atoms with Crippen LogP contribution in [0.3, 0.4) is 0 Å². The molecule has 5 nitrogen and oxygen atoms in total. The lowest BCUT2D eigenvalue weighted by Crippen LogP contribution is -2.05. The zero-order valence-electron chi connectivity index (χ0n) is 13.4. The number of aromatic nitrogens is 2. The van der Waals surface area contributed by atoms with Crippen LogP contribution in [0.2, 0.25) is 0 Å². The highest BCUT2D eigenvalue weighted by atomic mass is 16.5. The molecule has 1 heterocycles. The van der Waals surface area contributed by atoms with Crippen LogP contribution in [0.1, 0.15) is 16.1 Å². The lowest BCUT2D eigenvalue weighted by atomic mass is 10.1. The SMILES string of the molecule is COc1ccc(C(=O)c2cncc(-c3ccc(OC)cc3)n2)cc1. The monoisotopic (exact) mass is 320 g/mol. The second-order valence-corrected chi connectivity index (χ2v) is 5.08. The van der Waals surface area contributed by atoms with Gasteiger partial charge in [0.15, 0.2) is 0 Å². The normalized spacial score (nSPS) is 10.2. The van der Waals surface area contributed by atoms with Gasteiger partial charge in [-0.25, -0.2) is 4.98 Å². The van der Waals surface area contributed by atoms with Gasteiger partial charge in [0.25, 0.3) is 0 Å². The molecule has 0 aliphatic rings. The maximum Gasteiger partial charge on any atom is 0.212 e. The molecule has 0 unspecified atom stereocenters. The van der Waals surface area contributed by atoms with E-state index < -0.39 is 0 Å². The van der Waals surface area contributed by atoms with Crippen molar-refractivity contribution >= 4 is 5.78 Å². The first-order chi connectivity index (χ1) is 11.7. The molecule has 0 radical (unpaired) electrons. The molecule has 0 amide bonds. The first-order valence-electron chi connectivity index (χ1n) is 7.36. The summed E-state index contributed by atoms with van der Waals surface area (Å²) in [4.78, 5) is 21.1. The summed E-state index contributed by atoms with van der Waals surface area (Å²) in [6.45, 7) is 0. The van der Waals surface area contributed by atoms with Crippen molar-refractivity contribution < 1.29 is 14.3 Å². The first-order valence-corrected chi connectivity index (χ1v) is 7.36. The molecule has 2 aromatic carbocycles. The van der Waals surface area contributed by atoms with Crippen LogP contribution in [-0.4, -0.2) is 30.0 Å². The summed E-state index contributed by atoms with van der Waals surface area (Å²) in [5.41, 5.74) is 2.34. The third-order valence-electron chi connectivity index (χ3n) is 3.61. The van der Waals surface area contributed by atoms with E-state index in [0.717, 1.165) is 11.3 Å². The van der Waals surface area contributed by atoms with Crippen molar-refractivity contribution in [2.75, 3.05) is 14.2 Å². The highest BCUT2D eigenvalue weighted by molar-refractivity contribution is 6.07. The van der Waals surface area contributed by atoms with Gasteiger partial charge in [-0.2, -0.15) is 0 Å². The second-order valence-electron chi connectivity index (χ2n) is 5.08. The first kappa shape index (κ1) is 15.7. The lowest BCUT2D eigenvalue weighted by molar-refractivity contribution is 0.103. The summed E-state index contributed by atoms with van der Waals surface area (Å²) in [5, 5.41) is 0. The molecule has 0 aliphatic heterocycles. The predicted octanol–water partition coefficient (Wildman–Crippen LogP) is 3.39. The van der Waals surface area contributed by atoms with Gasteiger partial charge < -0.3 is 9.47 Å². The molecule has 0 spiro atoms. The summed E-state index contributed by atoms with van der Waals surface area (Å²) in [5.74, 6) is 1.28. The van der Waals surface area contributed by atoms with Crippen molar-refractivity contribution in [2.45, 2.75) is 0 Å². The molecule has 1 aromatic heterocycles. The molecule has 3 aromatic rings. The van der Waals surface area contributed by atoms with E-state index in [1.54, 1.807) is 44.7 Å². The van der Waals surface area contributed by atoms with Gasteiger partial charge in [0.05, 0.1) is 32.3 Å². The van der Waals surface area contributed by atoms with Crippen molar-refractivity contribution in [2.24, 2.45) is 0 Å². The summed E-state index contributed by atoms with van der Waals surface area (Å²) in [6, 6.07) is 14.4. The Morgan fingerprint density at radius 2 is 1.42 bits per heavy atom. The molecular weight excluding hydrogens is 304 g/mol. The highest BCUT2D eigenvalue weighted by Crippen LogP contribution is 2.21. The number of hydrogen-bond acceptors (Lipinski definition) is 5. The molecule has 0 atom stereocenters. The van der Waals surface area contributed by atoms with Crippen LogP contribution in [-0.2, 0) is 0 Å². The Hall–Kier alpha value is -3.21. The number of nitrogens with zero attached hydrogens (tertiary/aromatic N) is 2. The lowest BCUT2D eigenvalue weighted by Gasteiger charge is -2.06. The molecule has 3 rings (SSSR count). The zero-order chi connectivity index (χ0) is 16.9. The molecular formula is C19H16N2O3. The van der Waals surface area contributed by atoms with Crippen LogP contribution in [0.5, 0.6) is 11.5 Å². The van der Waals surface area contributed by atoms with Crippen LogP contribution in [0.25, 0.3) is 11.3 Å². The molecule has 0 bridgehead atoms. The Balaban J connectivity index is 1.89. The van der Waals surface area contributed by atoms with Crippen molar-refractivity contribution in [3.8, 4) is 22.8 Å². The number of carbonyl (C=O) groups excluding carboxylic acids is 1. The Kier molecular flexibility index (Phi) is 4.52. The van der Waals surface area contributed by atoms with E-state index in [9.17, 15) is 4.79 Å². The van der Waals surface area contributed by atoms with Gasteiger partial charge in [-0.05, 0) is 48.5 Å². The molecule has 24 heavy (non-hydrogen) atoms. The maximum absolute atomic E-state index is 12.6. The average molecular weight is 320 g/mol. The van der Waals surface area contributed by atoms with E-state index in [2.05, 4.69) is 9.97 Å². The van der Waals surface area contributed by atoms with Gasteiger partial charge >= 0.3 is 0 Å². The minimum Gasteiger partial charge on any atom is -0.497 e. The van der Waals surface area contributed by atoms with Crippen molar-refractivity contribution in [1.29, 1.82) is 0 Å². The maximum atomic E-state index is 12.6. The van der Waals surface area contributed by atoms with E-state index in [0.29, 0.717) is 22.7 Å². The minimum absolute atomic E-state index is 0.180. The number of rotatable bonds is 5. The molecule has 0 saturated carbocycles. The molecule has 5 heteroatoms. The molecule has 120 valence electrons. The molecule has 0 saturated heterocycles. The van der Waals surface area contributed by atoms with Crippen LogP contribution in [0, 0.1) is 0 Å². The third-order valence-corrected chi connectivity index (χ3v) is 3.61. The van der Waals surface area contributed by atoms with E-state index in [-0.39, 0.29) is 5.78 Å². The third kappa shape index (κ3) is 3.25. The fourth-order valence-electron chi connectivity index (χ4n) is 2.27. The summed E-state index contributed by atoms with van der Waals surface area (Å²) in [6.07, 6.45) is 3.10. The van der Waals surface area contributed by atoms with Crippen molar-refractivity contribution in [3.05, 3.63) is 72.2 Å². The predicted molar refractivity (Wildman–Crippen MR) is 90.4 cm³/mol. The van der Waals surface area contributed by atoms with E-state index >= 15 is 0 Å². The Labute approximate surface area is 139 Å². The van der Waals surface area contributed by atoms with Gasteiger partial charge in [0.2, 0.25) is 5.78 Å². The largest absolute Gasteiger partial charge is 0.497 e. The second kappa shape index (κ2) is 6.91. The fraction of sp³-hybridized carbons (Fsp3) is 0.105. The summed E-state index contributed by atoms with van der Waals surface area (Å²) < 4.78 is 10.2. The Morgan fingerprint density at radius 1 is 0.833 bits per heavy atom. The van der Waals surface area contributed by atoms with Gasteiger partial charge in [-0.1, -0.05) is 0 Å². The molecule has 0 fully saturated rings. The van der Waals surface area contributed by atoms with Crippen molar-refractivity contribution in [1.82, 2.24) is 9.97 Å². The topological polar surface area (TPSA) is 61.3 Å². The van der Waals surface area contributed by atoms with Crippen LogP contribution >= 0.6 is 0 Å². The smallest absolute Gasteiger partial charge is 0.212 e. The molecule has 0 N–H and O–H groups in total. The average Bonchev–Trinajstić information content (AvgIpc) is 2.67. The number of benzene rings is 2. The number of carbonyl (C=O) groups is 1. The van der Waals surface area contributed by atoms with Gasteiger partial charge in [-0.15, -0.1) is 0 Å². The number of ketones is 1. The minimum atomic E-state index is -0.180. The standard InChI is InChI=1S/C19H16N2O3/c1-23-15-7-3-13(4-8-15)17-11-20-12-18(21-17)19(22)14-5-9-16(24-2)10-6-14/h3-12H,1-2H3. The highest BCUT2D eigenvalue weighted by Gasteiger charge is 2.12. The molecule has 0 aliphatic carbocycles. The van der Waals surface area contributed by atoms with E-state index in [1.165, 1.54) is 6.20 Å². The van der Waals surface area contributed by atoms with Crippen LogP contribution in [0.4, 0.5) is 0 Å².